The van der Waals surface area contributed by atoms with Crippen LogP contribution in [0.3, 0.4) is 0 Å². The van der Waals surface area contributed by atoms with E-state index in [1.54, 1.807) is 29.8 Å². The highest BCUT2D eigenvalue weighted by molar-refractivity contribution is 6.31. The summed E-state index contributed by atoms with van der Waals surface area (Å²) < 4.78 is 15.1. The van der Waals surface area contributed by atoms with E-state index in [1.807, 2.05) is 6.07 Å². The minimum atomic E-state index is -0.596. The first-order valence-electron chi connectivity index (χ1n) is 7.02. The van der Waals surface area contributed by atoms with Gasteiger partial charge in [-0.25, -0.2) is 9.07 Å². The van der Waals surface area contributed by atoms with Gasteiger partial charge in [0.1, 0.15) is 5.82 Å². The number of benzene rings is 2. The molecule has 0 aliphatic heterocycles. The van der Waals surface area contributed by atoms with Crippen molar-refractivity contribution in [1.82, 2.24) is 9.78 Å². The van der Waals surface area contributed by atoms with E-state index in [9.17, 15) is 9.18 Å². The number of amides is 1. The number of carbonyl (C=O) groups excluding carboxylic acids is 1. The van der Waals surface area contributed by atoms with Crippen LogP contribution in [0.1, 0.15) is 16.1 Å². The molecule has 0 saturated carbocycles. The Morgan fingerprint density at radius 1 is 1.21 bits per heavy atom. The Kier molecular flexibility index (Phi) is 4.55. The van der Waals surface area contributed by atoms with E-state index in [2.05, 4.69) is 10.4 Å². The zero-order chi connectivity index (χ0) is 17.3. The Morgan fingerprint density at radius 3 is 2.71 bits per heavy atom. The third kappa shape index (κ3) is 3.27. The van der Waals surface area contributed by atoms with Gasteiger partial charge in [-0.05, 0) is 43.3 Å². The van der Waals surface area contributed by atoms with Crippen molar-refractivity contribution < 1.29 is 9.18 Å². The van der Waals surface area contributed by atoms with E-state index in [0.29, 0.717) is 22.0 Å². The Morgan fingerprint density at radius 2 is 2.00 bits per heavy atom. The SMILES string of the molecule is Cc1c(C(=O)Nc2ccc(Cl)c(F)c2)cnn1-c1cccc(Cl)c1. The molecule has 0 unspecified atom stereocenters. The molecule has 3 rings (SSSR count). The van der Waals surface area contributed by atoms with Crippen LogP contribution in [0.15, 0.2) is 48.7 Å². The minimum Gasteiger partial charge on any atom is -0.322 e. The molecule has 1 heterocycles. The number of rotatable bonds is 3. The van der Waals surface area contributed by atoms with Gasteiger partial charge < -0.3 is 5.32 Å². The lowest BCUT2D eigenvalue weighted by Gasteiger charge is -2.07. The van der Waals surface area contributed by atoms with Gasteiger partial charge in [-0.1, -0.05) is 29.3 Å². The molecule has 0 aliphatic rings. The molecule has 0 fully saturated rings. The molecule has 7 heteroatoms. The number of nitrogens with one attached hydrogen (secondary N) is 1. The zero-order valence-electron chi connectivity index (χ0n) is 12.6. The highest BCUT2D eigenvalue weighted by Gasteiger charge is 2.16. The van der Waals surface area contributed by atoms with Crippen LogP contribution in [-0.4, -0.2) is 15.7 Å². The largest absolute Gasteiger partial charge is 0.322 e. The van der Waals surface area contributed by atoms with E-state index in [4.69, 9.17) is 23.2 Å². The fourth-order valence-corrected chi connectivity index (χ4v) is 2.58. The monoisotopic (exact) mass is 363 g/mol. The second-order valence-electron chi connectivity index (χ2n) is 5.12. The molecule has 0 bridgehead atoms. The van der Waals surface area contributed by atoms with E-state index < -0.39 is 5.82 Å². The minimum absolute atomic E-state index is 0.00189. The molecule has 4 nitrogen and oxygen atoms in total. The van der Waals surface area contributed by atoms with Gasteiger partial charge >= 0.3 is 0 Å². The topological polar surface area (TPSA) is 46.9 Å². The third-order valence-electron chi connectivity index (χ3n) is 3.48. The van der Waals surface area contributed by atoms with Crippen molar-refractivity contribution in [3.8, 4) is 5.69 Å². The summed E-state index contributed by atoms with van der Waals surface area (Å²) in [6, 6.07) is 11.2. The van der Waals surface area contributed by atoms with E-state index >= 15 is 0 Å². The molecule has 1 aromatic heterocycles. The molecule has 3 aromatic rings. The van der Waals surface area contributed by atoms with Crippen LogP contribution >= 0.6 is 23.2 Å². The van der Waals surface area contributed by atoms with Gasteiger partial charge in [0, 0.05) is 10.7 Å². The number of hydrogen-bond acceptors (Lipinski definition) is 2. The average molecular weight is 364 g/mol. The summed E-state index contributed by atoms with van der Waals surface area (Å²) in [6.45, 7) is 1.77. The molecular formula is C17H12Cl2FN3O. The summed E-state index contributed by atoms with van der Waals surface area (Å²) in [5.41, 5.74) is 2.09. The number of anilines is 1. The van der Waals surface area contributed by atoms with Gasteiger partial charge in [0.25, 0.3) is 5.91 Å². The molecule has 2 aromatic carbocycles. The van der Waals surface area contributed by atoms with Crippen molar-refractivity contribution in [3.05, 3.63) is 75.8 Å². The van der Waals surface area contributed by atoms with Crippen molar-refractivity contribution in [1.29, 1.82) is 0 Å². The Labute approximate surface area is 147 Å². The Hall–Kier alpha value is -2.37. The van der Waals surface area contributed by atoms with Crippen LogP contribution in [0, 0.1) is 12.7 Å². The van der Waals surface area contributed by atoms with Gasteiger partial charge in [-0.3, -0.25) is 4.79 Å². The molecule has 0 radical (unpaired) electrons. The molecule has 1 N–H and O–H groups in total. The number of halogens is 3. The lowest BCUT2D eigenvalue weighted by Crippen LogP contribution is -2.13. The van der Waals surface area contributed by atoms with Crippen molar-refractivity contribution in [2.45, 2.75) is 6.92 Å². The Bertz CT molecular complexity index is 924. The maximum Gasteiger partial charge on any atom is 0.259 e. The molecule has 24 heavy (non-hydrogen) atoms. The second kappa shape index (κ2) is 6.63. The normalized spacial score (nSPS) is 10.7. The van der Waals surface area contributed by atoms with Gasteiger partial charge in [0.2, 0.25) is 0 Å². The average Bonchev–Trinajstić information content (AvgIpc) is 2.93. The van der Waals surface area contributed by atoms with Gasteiger partial charge in [0.05, 0.1) is 28.2 Å². The molecule has 122 valence electrons. The van der Waals surface area contributed by atoms with Crippen molar-refractivity contribution in [2.75, 3.05) is 5.32 Å². The van der Waals surface area contributed by atoms with Crippen LogP contribution in [0.25, 0.3) is 5.69 Å². The number of aromatic nitrogens is 2. The molecule has 0 spiro atoms. The summed E-state index contributed by atoms with van der Waals surface area (Å²) in [7, 11) is 0. The summed E-state index contributed by atoms with van der Waals surface area (Å²) in [5.74, 6) is -0.983. The zero-order valence-corrected chi connectivity index (χ0v) is 14.1. The fraction of sp³-hybridized carbons (Fsp3) is 0.0588. The summed E-state index contributed by atoms with van der Waals surface area (Å²) in [4.78, 5) is 12.4. The van der Waals surface area contributed by atoms with Gasteiger partial charge in [-0.15, -0.1) is 0 Å². The highest BCUT2D eigenvalue weighted by Crippen LogP contribution is 2.21. The van der Waals surface area contributed by atoms with Gasteiger partial charge in [0.15, 0.2) is 0 Å². The molecule has 1 amide bonds. The van der Waals surface area contributed by atoms with E-state index in [-0.39, 0.29) is 10.9 Å². The maximum absolute atomic E-state index is 13.5. The lowest BCUT2D eigenvalue weighted by atomic mass is 10.2. The van der Waals surface area contributed by atoms with Crippen LogP contribution in [0.2, 0.25) is 10.0 Å². The third-order valence-corrected chi connectivity index (χ3v) is 4.03. The Balaban J connectivity index is 1.87. The number of nitrogens with zero attached hydrogens (tertiary/aromatic N) is 2. The summed E-state index contributed by atoms with van der Waals surface area (Å²) >= 11 is 11.6. The molecule has 0 saturated heterocycles. The smallest absolute Gasteiger partial charge is 0.259 e. The highest BCUT2D eigenvalue weighted by atomic mass is 35.5. The van der Waals surface area contributed by atoms with Crippen LogP contribution in [0.4, 0.5) is 10.1 Å². The lowest BCUT2D eigenvalue weighted by molar-refractivity contribution is 0.102. The van der Waals surface area contributed by atoms with Gasteiger partial charge in [-0.2, -0.15) is 5.10 Å². The van der Waals surface area contributed by atoms with Crippen molar-refractivity contribution >= 4 is 34.8 Å². The first-order chi connectivity index (χ1) is 11.5. The van der Waals surface area contributed by atoms with E-state index in [1.165, 1.54) is 18.3 Å². The predicted molar refractivity (Wildman–Crippen MR) is 92.7 cm³/mol. The maximum atomic E-state index is 13.5. The number of carbonyl (C=O) groups is 1. The predicted octanol–water partition coefficient (Wildman–Crippen LogP) is 4.88. The summed E-state index contributed by atoms with van der Waals surface area (Å²) in [5, 5.41) is 7.42. The second-order valence-corrected chi connectivity index (χ2v) is 5.96. The quantitative estimate of drug-likeness (QED) is 0.720. The first kappa shape index (κ1) is 16.5. The number of hydrogen-bond donors (Lipinski definition) is 1. The van der Waals surface area contributed by atoms with E-state index in [0.717, 1.165) is 11.8 Å². The fourth-order valence-electron chi connectivity index (χ4n) is 2.27. The molecular weight excluding hydrogens is 352 g/mol. The van der Waals surface area contributed by atoms with Crippen LogP contribution < -0.4 is 5.32 Å². The summed E-state index contributed by atoms with van der Waals surface area (Å²) in [6.07, 6.45) is 1.46. The van der Waals surface area contributed by atoms with Crippen LogP contribution in [-0.2, 0) is 0 Å². The van der Waals surface area contributed by atoms with Crippen molar-refractivity contribution in [2.24, 2.45) is 0 Å². The molecule has 0 atom stereocenters. The van der Waals surface area contributed by atoms with Crippen LogP contribution in [0.5, 0.6) is 0 Å². The molecule has 0 aliphatic carbocycles. The first-order valence-corrected chi connectivity index (χ1v) is 7.78. The van der Waals surface area contributed by atoms with Crippen molar-refractivity contribution in [3.63, 3.8) is 0 Å². The standard InChI is InChI=1S/C17H12Cl2FN3O/c1-10-14(9-21-23(10)13-4-2-3-11(18)7-13)17(24)22-12-5-6-15(19)16(20)8-12/h2-9H,1H3,(H,22,24).